The predicted octanol–water partition coefficient (Wildman–Crippen LogP) is 4.62. The molecule has 0 aliphatic rings. The van der Waals surface area contributed by atoms with Crippen LogP contribution in [0.4, 0.5) is 0 Å². The maximum absolute atomic E-state index is 6.48. The molecule has 0 aliphatic carbocycles. The minimum Gasteiger partial charge on any atom is -0.494 e. The van der Waals surface area contributed by atoms with E-state index in [1.807, 2.05) is 51.1 Å². The summed E-state index contributed by atoms with van der Waals surface area (Å²) in [4.78, 5) is 0. The van der Waals surface area contributed by atoms with Gasteiger partial charge < -0.3 is 9.15 Å². The van der Waals surface area contributed by atoms with Gasteiger partial charge in [-0.15, -0.1) is 11.6 Å². The number of alkyl halides is 1. The molecule has 1 heterocycles. The van der Waals surface area contributed by atoms with Gasteiger partial charge in [0.2, 0.25) is 0 Å². The van der Waals surface area contributed by atoms with Gasteiger partial charge in [0, 0.05) is 5.56 Å². The Morgan fingerprint density at radius 1 is 1.22 bits per heavy atom. The molecule has 1 unspecified atom stereocenters. The number of rotatable bonds is 4. The lowest BCUT2D eigenvalue weighted by atomic mass is 10.0. The van der Waals surface area contributed by atoms with Crippen LogP contribution in [0.5, 0.6) is 5.75 Å². The highest BCUT2D eigenvalue weighted by Gasteiger charge is 2.16. The molecule has 0 bridgehead atoms. The quantitative estimate of drug-likeness (QED) is 0.752. The maximum Gasteiger partial charge on any atom is 0.119 e. The van der Waals surface area contributed by atoms with Crippen LogP contribution in [0.25, 0.3) is 0 Å². The van der Waals surface area contributed by atoms with Crippen molar-refractivity contribution in [1.29, 1.82) is 0 Å². The minimum atomic E-state index is -0.182. The van der Waals surface area contributed by atoms with Crippen molar-refractivity contribution in [3.8, 4) is 5.75 Å². The van der Waals surface area contributed by atoms with Crippen LogP contribution in [-0.2, 0) is 0 Å². The van der Waals surface area contributed by atoms with E-state index in [0.717, 1.165) is 28.4 Å². The van der Waals surface area contributed by atoms with Gasteiger partial charge in [0.1, 0.15) is 17.3 Å². The summed E-state index contributed by atoms with van der Waals surface area (Å²) in [5.41, 5.74) is 2.07. The van der Waals surface area contributed by atoms with Gasteiger partial charge in [0.15, 0.2) is 0 Å². The lowest BCUT2D eigenvalue weighted by molar-refractivity contribution is 0.340. The van der Waals surface area contributed by atoms with Crippen LogP contribution >= 0.6 is 11.6 Å². The first kappa shape index (κ1) is 13.0. The summed E-state index contributed by atoms with van der Waals surface area (Å²) in [5.74, 6) is 2.63. The average Bonchev–Trinajstić information content (AvgIpc) is 2.69. The van der Waals surface area contributed by atoms with Gasteiger partial charge in [-0.05, 0) is 44.5 Å². The van der Waals surface area contributed by atoms with Crippen molar-refractivity contribution in [3.63, 3.8) is 0 Å². The van der Waals surface area contributed by atoms with E-state index in [1.54, 1.807) is 0 Å². The zero-order valence-electron chi connectivity index (χ0n) is 10.9. The van der Waals surface area contributed by atoms with E-state index in [4.69, 9.17) is 20.8 Å². The SMILES string of the molecule is CCOc1ccc(C(Cl)c2cc(C)oc2C)cc1. The van der Waals surface area contributed by atoms with Crippen LogP contribution in [0.1, 0.15) is 34.9 Å². The molecule has 1 aromatic carbocycles. The van der Waals surface area contributed by atoms with Crippen LogP contribution in [0.15, 0.2) is 34.7 Å². The fourth-order valence-corrected chi connectivity index (χ4v) is 2.34. The third-order valence-electron chi connectivity index (χ3n) is 2.84. The Morgan fingerprint density at radius 2 is 1.89 bits per heavy atom. The molecule has 0 amide bonds. The number of ether oxygens (including phenoxy) is 1. The molecule has 2 nitrogen and oxygen atoms in total. The topological polar surface area (TPSA) is 22.4 Å². The summed E-state index contributed by atoms with van der Waals surface area (Å²) in [7, 11) is 0. The summed E-state index contributed by atoms with van der Waals surface area (Å²) in [6.07, 6.45) is 0. The maximum atomic E-state index is 6.48. The van der Waals surface area contributed by atoms with E-state index in [9.17, 15) is 0 Å². The van der Waals surface area contributed by atoms with E-state index in [-0.39, 0.29) is 5.38 Å². The molecule has 0 saturated heterocycles. The van der Waals surface area contributed by atoms with Crippen molar-refractivity contribution >= 4 is 11.6 Å². The van der Waals surface area contributed by atoms with Gasteiger partial charge in [-0.1, -0.05) is 12.1 Å². The number of halogens is 1. The predicted molar refractivity (Wildman–Crippen MR) is 73.5 cm³/mol. The van der Waals surface area contributed by atoms with Crippen LogP contribution in [0.3, 0.4) is 0 Å². The highest BCUT2D eigenvalue weighted by Crippen LogP contribution is 2.33. The summed E-state index contributed by atoms with van der Waals surface area (Å²) in [6.45, 7) is 6.50. The van der Waals surface area contributed by atoms with Crippen molar-refractivity contribution < 1.29 is 9.15 Å². The van der Waals surface area contributed by atoms with Crippen molar-refractivity contribution in [2.75, 3.05) is 6.61 Å². The summed E-state index contributed by atoms with van der Waals surface area (Å²) in [5, 5.41) is -0.182. The number of hydrogen-bond acceptors (Lipinski definition) is 2. The molecule has 0 spiro atoms. The highest BCUT2D eigenvalue weighted by molar-refractivity contribution is 6.22. The van der Waals surface area contributed by atoms with Crippen molar-refractivity contribution in [2.45, 2.75) is 26.1 Å². The fourth-order valence-electron chi connectivity index (χ4n) is 1.98. The molecule has 0 saturated carbocycles. The van der Waals surface area contributed by atoms with Gasteiger partial charge in [0.25, 0.3) is 0 Å². The lowest BCUT2D eigenvalue weighted by Gasteiger charge is -2.10. The first-order chi connectivity index (χ1) is 8.61. The molecule has 0 fully saturated rings. The summed E-state index contributed by atoms with van der Waals surface area (Å²) in [6, 6.07) is 9.85. The molecule has 3 heteroatoms. The normalized spacial score (nSPS) is 12.4. The van der Waals surface area contributed by atoms with Crippen molar-refractivity contribution in [1.82, 2.24) is 0 Å². The molecule has 1 atom stereocenters. The van der Waals surface area contributed by atoms with Crippen molar-refractivity contribution in [2.24, 2.45) is 0 Å². The Labute approximate surface area is 113 Å². The number of furan rings is 1. The fraction of sp³-hybridized carbons (Fsp3) is 0.333. The Morgan fingerprint density at radius 3 is 2.39 bits per heavy atom. The second kappa shape index (κ2) is 5.49. The Balaban J connectivity index is 2.23. The first-order valence-corrected chi connectivity index (χ1v) is 6.49. The lowest BCUT2D eigenvalue weighted by Crippen LogP contribution is -1.95. The number of aryl methyl sites for hydroxylation is 2. The van der Waals surface area contributed by atoms with E-state index in [2.05, 4.69) is 0 Å². The van der Waals surface area contributed by atoms with Crippen LogP contribution in [-0.4, -0.2) is 6.61 Å². The smallest absolute Gasteiger partial charge is 0.119 e. The van der Waals surface area contributed by atoms with Crippen LogP contribution in [0, 0.1) is 13.8 Å². The molecule has 2 aromatic rings. The standard InChI is InChI=1S/C15H17ClO2/c1-4-17-13-7-5-12(6-8-13)15(16)14-9-10(2)18-11(14)3/h5-9,15H,4H2,1-3H3. The number of hydrogen-bond donors (Lipinski definition) is 0. The molecule has 2 rings (SSSR count). The van der Waals surface area contributed by atoms with Gasteiger partial charge in [-0.25, -0.2) is 0 Å². The highest BCUT2D eigenvalue weighted by atomic mass is 35.5. The van der Waals surface area contributed by atoms with Gasteiger partial charge in [-0.3, -0.25) is 0 Å². The molecule has 0 aliphatic heterocycles. The monoisotopic (exact) mass is 264 g/mol. The second-order valence-corrected chi connectivity index (χ2v) is 4.67. The molecule has 1 aromatic heterocycles. The minimum absolute atomic E-state index is 0.182. The van der Waals surface area contributed by atoms with Crippen LogP contribution in [0.2, 0.25) is 0 Å². The van der Waals surface area contributed by atoms with Gasteiger partial charge >= 0.3 is 0 Å². The zero-order valence-corrected chi connectivity index (χ0v) is 11.6. The van der Waals surface area contributed by atoms with E-state index >= 15 is 0 Å². The molecular weight excluding hydrogens is 248 g/mol. The van der Waals surface area contributed by atoms with E-state index < -0.39 is 0 Å². The van der Waals surface area contributed by atoms with Crippen molar-refractivity contribution in [3.05, 3.63) is 53.0 Å². The van der Waals surface area contributed by atoms with Gasteiger partial charge in [-0.2, -0.15) is 0 Å². The van der Waals surface area contributed by atoms with Gasteiger partial charge in [0.05, 0.1) is 12.0 Å². The van der Waals surface area contributed by atoms with E-state index in [1.165, 1.54) is 0 Å². The second-order valence-electron chi connectivity index (χ2n) is 4.23. The van der Waals surface area contributed by atoms with Crippen LogP contribution < -0.4 is 4.74 Å². The Bertz CT molecular complexity index is 514. The summed E-state index contributed by atoms with van der Waals surface area (Å²) >= 11 is 6.48. The molecule has 0 N–H and O–H groups in total. The van der Waals surface area contributed by atoms with E-state index in [0.29, 0.717) is 6.61 Å². The molecule has 96 valence electrons. The molecule has 0 radical (unpaired) electrons. The third kappa shape index (κ3) is 2.70. The summed E-state index contributed by atoms with van der Waals surface area (Å²) < 4.78 is 10.9. The largest absolute Gasteiger partial charge is 0.494 e. The first-order valence-electron chi connectivity index (χ1n) is 6.05. The zero-order chi connectivity index (χ0) is 13.1. The Hall–Kier alpha value is -1.41. The molecular formula is C15H17ClO2. The molecule has 18 heavy (non-hydrogen) atoms. The number of benzene rings is 1. The Kier molecular flexibility index (Phi) is 3.97. The average molecular weight is 265 g/mol. The third-order valence-corrected chi connectivity index (χ3v) is 3.32.